The Bertz CT molecular complexity index is 622. The van der Waals surface area contributed by atoms with E-state index in [1.165, 1.54) is 0 Å². The summed E-state index contributed by atoms with van der Waals surface area (Å²) in [6, 6.07) is 7.20. The van der Waals surface area contributed by atoms with Crippen molar-refractivity contribution >= 4 is 11.9 Å². The lowest BCUT2D eigenvalue weighted by atomic mass is 9.71. The number of hydrogen-bond acceptors (Lipinski definition) is 3. The van der Waals surface area contributed by atoms with Crippen LogP contribution in [0.15, 0.2) is 24.3 Å². The van der Waals surface area contributed by atoms with Crippen molar-refractivity contribution in [3.63, 3.8) is 0 Å². The quantitative estimate of drug-likeness (QED) is 0.814. The first-order valence-electron chi connectivity index (χ1n) is 8.83. The summed E-state index contributed by atoms with van der Waals surface area (Å²) in [7, 11) is 0. The minimum absolute atomic E-state index is 0.0264. The third-order valence-corrected chi connectivity index (χ3v) is 5.41. The fourth-order valence-corrected chi connectivity index (χ4v) is 4.44. The molecule has 1 aliphatic carbocycles. The van der Waals surface area contributed by atoms with Gasteiger partial charge in [0.15, 0.2) is 0 Å². The van der Waals surface area contributed by atoms with Gasteiger partial charge in [-0.05, 0) is 37.8 Å². The number of ether oxygens (including phenoxy) is 1. The Balaban J connectivity index is 2.00. The Morgan fingerprint density at radius 3 is 2.71 bits per heavy atom. The highest BCUT2D eigenvalue weighted by molar-refractivity contribution is 6.01. The topological polar surface area (TPSA) is 66.8 Å². The molecule has 5 nitrogen and oxygen atoms in total. The first-order chi connectivity index (χ1) is 11.6. The fourth-order valence-electron chi connectivity index (χ4n) is 4.44. The predicted octanol–water partition coefficient (Wildman–Crippen LogP) is 3.05. The molecule has 1 N–H and O–H groups in total. The number of carboxylic acid groups (broad SMARTS) is 1. The molecule has 2 aliphatic rings. The lowest BCUT2D eigenvalue weighted by Crippen LogP contribution is -2.59. The van der Waals surface area contributed by atoms with Crippen molar-refractivity contribution in [2.45, 2.75) is 50.5 Å². The number of rotatable bonds is 6. The van der Waals surface area contributed by atoms with Gasteiger partial charge in [-0.1, -0.05) is 31.0 Å². The number of amides is 1. The van der Waals surface area contributed by atoms with Crippen LogP contribution in [-0.2, 0) is 9.53 Å². The van der Waals surface area contributed by atoms with Crippen molar-refractivity contribution in [1.82, 2.24) is 4.90 Å². The zero-order chi connectivity index (χ0) is 17.2. The number of carbonyl (C=O) groups is 2. The van der Waals surface area contributed by atoms with E-state index in [0.717, 1.165) is 32.1 Å². The van der Waals surface area contributed by atoms with Crippen LogP contribution in [0.4, 0.5) is 0 Å². The zero-order valence-electron chi connectivity index (χ0n) is 14.2. The van der Waals surface area contributed by atoms with Crippen molar-refractivity contribution < 1.29 is 19.4 Å². The Labute approximate surface area is 142 Å². The Morgan fingerprint density at radius 2 is 2.04 bits per heavy atom. The van der Waals surface area contributed by atoms with Crippen LogP contribution in [0.1, 0.15) is 60.9 Å². The van der Waals surface area contributed by atoms with Crippen LogP contribution in [0.2, 0.25) is 0 Å². The Kier molecular flexibility index (Phi) is 4.90. The maximum atomic E-state index is 13.1. The summed E-state index contributed by atoms with van der Waals surface area (Å²) in [5, 5.41) is 9.96. The summed E-state index contributed by atoms with van der Waals surface area (Å²) in [6.45, 7) is 3.74. The number of fused-ring (bicyclic) bond motifs is 1. The summed E-state index contributed by atoms with van der Waals surface area (Å²) in [5.74, 6) is -1.49. The second kappa shape index (κ2) is 6.93. The highest BCUT2D eigenvalue weighted by Crippen LogP contribution is 2.50. The first-order valence-corrected chi connectivity index (χ1v) is 8.83. The van der Waals surface area contributed by atoms with Crippen LogP contribution in [-0.4, -0.2) is 47.2 Å². The van der Waals surface area contributed by atoms with E-state index in [1.807, 2.05) is 24.0 Å². The van der Waals surface area contributed by atoms with Gasteiger partial charge in [-0.2, -0.15) is 0 Å². The molecular weight excluding hydrogens is 306 g/mol. The molecule has 1 amide bonds. The van der Waals surface area contributed by atoms with Crippen LogP contribution in [0, 0.1) is 0 Å². The maximum Gasteiger partial charge on any atom is 0.313 e. The molecule has 0 radical (unpaired) electrons. The molecule has 1 atom stereocenters. The fraction of sp³-hybridized carbons (Fsp3) is 0.579. The molecule has 0 unspecified atom stereocenters. The summed E-state index contributed by atoms with van der Waals surface area (Å²) in [5.41, 5.74) is 0.639. The largest absolute Gasteiger partial charge is 0.481 e. The van der Waals surface area contributed by atoms with Gasteiger partial charge in [-0.3, -0.25) is 9.59 Å². The molecule has 0 saturated heterocycles. The van der Waals surface area contributed by atoms with Gasteiger partial charge < -0.3 is 14.7 Å². The minimum atomic E-state index is -0.827. The molecule has 3 rings (SSSR count). The van der Waals surface area contributed by atoms with E-state index in [0.29, 0.717) is 30.9 Å². The van der Waals surface area contributed by atoms with E-state index in [2.05, 4.69) is 0 Å². The molecular formula is C19H25NO4. The van der Waals surface area contributed by atoms with Crippen LogP contribution < -0.4 is 0 Å². The van der Waals surface area contributed by atoms with Gasteiger partial charge in [0, 0.05) is 25.3 Å². The van der Waals surface area contributed by atoms with Crippen LogP contribution in [0.25, 0.3) is 0 Å². The molecule has 130 valence electrons. The summed E-state index contributed by atoms with van der Waals surface area (Å²) < 4.78 is 5.40. The lowest BCUT2D eigenvalue weighted by molar-refractivity contribution is -0.143. The number of benzene rings is 1. The average Bonchev–Trinajstić information content (AvgIpc) is 3.03. The molecule has 24 heavy (non-hydrogen) atoms. The van der Waals surface area contributed by atoms with E-state index in [-0.39, 0.29) is 5.91 Å². The van der Waals surface area contributed by atoms with Gasteiger partial charge >= 0.3 is 5.97 Å². The monoisotopic (exact) mass is 331 g/mol. The highest BCUT2D eigenvalue weighted by Gasteiger charge is 2.55. The number of carbonyl (C=O) groups excluding carboxylic acids is 1. The second-order valence-corrected chi connectivity index (χ2v) is 6.68. The SMILES string of the molecule is CCOCCCN1C(=O)c2ccccc2[C@@H](C(=O)O)C12CCCC2. The van der Waals surface area contributed by atoms with Crippen LogP contribution in [0.5, 0.6) is 0 Å². The summed E-state index contributed by atoms with van der Waals surface area (Å²) >= 11 is 0. The molecule has 1 aromatic rings. The molecule has 0 bridgehead atoms. The third-order valence-electron chi connectivity index (χ3n) is 5.41. The normalized spacial score (nSPS) is 22.0. The summed E-state index contributed by atoms with van der Waals surface area (Å²) in [6.07, 6.45) is 4.20. The van der Waals surface area contributed by atoms with Crippen molar-refractivity contribution in [1.29, 1.82) is 0 Å². The average molecular weight is 331 g/mol. The molecule has 5 heteroatoms. The smallest absolute Gasteiger partial charge is 0.313 e. The molecule has 1 saturated carbocycles. The van der Waals surface area contributed by atoms with Crippen LogP contribution >= 0.6 is 0 Å². The summed E-state index contributed by atoms with van der Waals surface area (Å²) in [4.78, 5) is 27.1. The van der Waals surface area contributed by atoms with Gasteiger partial charge in [0.1, 0.15) is 5.92 Å². The van der Waals surface area contributed by atoms with Gasteiger partial charge in [0.25, 0.3) is 5.91 Å². The van der Waals surface area contributed by atoms with Gasteiger partial charge in [0.2, 0.25) is 0 Å². The molecule has 1 spiro atoms. The minimum Gasteiger partial charge on any atom is -0.481 e. The highest BCUT2D eigenvalue weighted by atomic mass is 16.5. The number of nitrogens with zero attached hydrogens (tertiary/aromatic N) is 1. The van der Waals surface area contributed by atoms with E-state index < -0.39 is 17.4 Å². The van der Waals surface area contributed by atoms with Gasteiger partial charge in [-0.15, -0.1) is 0 Å². The standard InChI is InChI=1S/C19H25NO4/c1-2-24-13-7-12-20-17(21)15-9-4-3-8-14(15)16(18(22)23)19(20)10-5-6-11-19/h3-4,8-9,16H,2,5-7,10-13H2,1H3,(H,22,23)/t16-/m0/s1. The zero-order valence-corrected chi connectivity index (χ0v) is 14.2. The lowest BCUT2D eigenvalue weighted by Gasteiger charge is -2.49. The second-order valence-electron chi connectivity index (χ2n) is 6.68. The molecule has 1 fully saturated rings. The third kappa shape index (κ3) is 2.71. The van der Waals surface area contributed by atoms with E-state index in [9.17, 15) is 14.7 Å². The maximum absolute atomic E-state index is 13.1. The number of aliphatic carboxylic acids is 1. The van der Waals surface area contributed by atoms with Crippen molar-refractivity contribution in [2.24, 2.45) is 0 Å². The molecule has 0 aromatic heterocycles. The van der Waals surface area contributed by atoms with E-state index in [1.54, 1.807) is 12.1 Å². The van der Waals surface area contributed by atoms with E-state index >= 15 is 0 Å². The van der Waals surface area contributed by atoms with Gasteiger partial charge in [0.05, 0.1) is 5.54 Å². The Hall–Kier alpha value is -1.88. The molecule has 1 aromatic carbocycles. The van der Waals surface area contributed by atoms with E-state index in [4.69, 9.17) is 4.74 Å². The van der Waals surface area contributed by atoms with Crippen LogP contribution in [0.3, 0.4) is 0 Å². The van der Waals surface area contributed by atoms with Gasteiger partial charge in [-0.25, -0.2) is 0 Å². The Morgan fingerprint density at radius 1 is 1.33 bits per heavy atom. The van der Waals surface area contributed by atoms with Crippen molar-refractivity contribution in [3.8, 4) is 0 Å². The predicted molar refractivity (Wildman–Crippen MR) is 90.2 cm³/mol. The molecule has 1 aliphatic heterocycles. The van der Waals surface area contributed by atoms with Crippen molar-refractivity contribution in [2.75, 3.05) is 19.8 Å². The number of carboxylic acids is 1. The van der Waals surface area contributed by atoms with Crippen molar-refractivity contribution in [3.05, 3.63) is 35.4 Å². The molecule has 1 heterocycles. The number of hydrogen-bond donors (Lipinski definition) is 1. The first kappa shape index (κ1) is 17.0.